The molecular formula is C16H14ClN3OS. The maximum Gasteiger partial charge on any atom is 0.194 e. The first-order chi connectivity index (χ1) is 10.8. The Kier molecular flexibility index (Phi) is 4.77. The van der Waals surface area contributed by atoms with Gasteiger partial charge in [-0.25, -0.2) is 9.97 Å². The number of aliphatic hydroxyl groups excluding tert-OH is 1. The lowest BCUT2D eigenvalue weighted by molar-refractivity contribution is 0.311. The molecule has 0 bridgehead atoms. The summed E-state index contributed by atoms with van der Waals surface area (Å²) in [6.07, 6.45) is 0. The normalized spacial score (nSPS) is 10.8. The molecule has 0 unspecified atom stereocenters. The first-order valence-corrected chi connectivity index (χ1v) is 8.00. The topological polar surface area (TPSA) is 58.0 Å². The Morgan fingerprint density at radius 2 is 1.82 bits per heavy atom. The van der Waals surface area contributed by atoms with Crippen LogP contribution < -0.4 is 5.32 Å². The number of hydrogen-bond donors (Lipinski definition) is 2. The lowest BCUT2D eigenvalue weighted by Gasteiger charge is -2.09. The average Bonchev–Trinajstić information content (AvgIpc) is 2.55. The summed E-state index contributed by atoms with van der Waals surface area (Å²) in [6.45, 7) is 0.504. The van der Waals surface area contributed by atoms with Crippen molar-refractivity contribution in [2.45, 2.75) is 10.1 Å². The highest BCUT2D eigenvalue weighted by Gasteiger charge is 2.08. The van der Waals surface area contributed by atoms with Gasteiger partial charge in [0.25, 0.3) is 0 Å². The van der Waals surface area contributed by atoms with Crippen molar-refractivity contribution in [2.75, 3.05) is 18.5 Å². The predicted molar refractivity (Wildman–Crippen MR) is 90.7 cm³/mol. The molecule has 0 saturated carbocycles. The summed E-state index contributed by atoms with van der Waals surface area (Å²) in [5, 5.41) is 14.4. The van der Waals surface area contributed by atoms with Crippen molar-refractivity contribution in [3.05, 3.63) is 53.6 Å². The molecule has 1 aromatic heterocycles. The Balaban J connectivity index is 1.96. The van der Waals surface area contributed by atoms with E-state index < -0.39 is 0 Å². The molecule has 4 nitrogen and oxygen atoms in total. The number of halogens is 1. The minimum Gasteiger partial charge on any atom is -0.395 e. The summed E-state index contributed by atoms with van der Waals surface area (Å²) in [7, 11) is 0. The maximum atomic E-state index is 9.01. The molecule has 0 aliphatic rings. The number of benzene rings is 2. The zero-order chi connectivity index (χ0) is 15.4. The van der Waals surface area contributed by atoms with E-state index in [1.54, 1.807) is 0 Å². The predicted octanol–water partition coefficient (Wildman–Crippen LogP) is 3.84. The Morgan fingerprint density at radius 1 is 1.05 bits per heavy atom. The first kappa shape index (κ1) is 15.1. The van der Waals surface area contributed by atoms with Gasteiger partial charge in [-0.05, 0) is 48.2 Å². The largest absolute Gasteiger partial charge is 0.395 e. The Bertz CT molecular complexity index is 780. The fourth-order valence-electron chi connectivity index (χ4n) is 2.02. The van der Waals surface area contributed by atoms with Gasteiger partial charge in [0.2, 0.25) is 0 Å². The van der Waals surface area contributed by atoms with Gasteiger partial charge in [0.1, 0.15) is 5.82 Å². The summed E-state index contributed by atoms with van der Waals surface area (Å²) >= 11 is 7.38. The fourth-order valence-corrected chi connectivity index (χ4v) is 2.91. The van der Waals surface area contributed by atoms with Crippen molar-refractivity contribution in [1.82, 2.24) is 9.97 Å². The van der Waals surface area contributed by atoms with E-state index >= 15 is 0 Å². The lowest BCUT2D eigenvalue weighted by atomic mass is 10.2. The number of para-hydroxylation sites is 1. The van der Waals surface area contributed by atoms with Crippen molar-refractivity contribution in [3.8, 4) is 0 Å². The van der Waals surface area contributed by atoms with E-state index in [1.807, 2.05) is 48.5 Å². The van der Waals surface area contributed by atoms with E-state index in [0.29, 0.717) is 16.7 Å². The number of fused-ring (bicyclic) bond motifs is 1. The number of anilines is 1. The zero-order valence-corrected chi connectivity index (χ0v) is 13.2. The van der Waals surface area contributed by atoms with Gasteiger partial charge in [-0.1, -0.05) is 23.7 Å². The first-order valence-electron chi connectivity index (χ1n) is 6.81. The van der Waals surface area contributed by atoms with Crippen molar-refractivity contribution >= 4 is 40.1 Å². The van der Waals surface area contributed by atoms with Crippen LogP contribution in [0.4, 0.5) is 5.82 Å². The van der Waals surface area contributed by atoms with Gasteiger partial charge in [0.15, 0.2) is 5.16 Å². The molecule has 6 heteroatoms. The smallest absolute Gasteiger partial charge is 0.194 e. The van der Waals surface area contributed by atoms with Gasteiger partial charge >= 0.3 is 0 Å². The van der Waals surface area contributed by atoms with Gasteiger partial charge in [0.05, 0.1) is 12.1 Å². The SMILES string of the molecule is OCCNc1nc(Sc2ccc(Cl)cc2)nc2ccccc12. The van der Waals surface area contributed by atoms with E-state index in [0.717, 1.165) is 21.6 Å². The molecule has 3 aromatic rings. The summed E-state index contributed by atoms with van der Waals surface area (Å²) < 4.78 is 0. The Hall–Kier alpha value is -1.82. The van der Waals surface area contributed by atoms with Gasteiger partial charge in [-0.15, -0.1) is 0 Å². The number of hydrogen-bond acceptors (Lipinski definition) is 5. The van der Waals surface area contributed by atoms with E-state index in [9.17, 15) is 0 Å². The molecule has 1 heterocycles. The minimum atomic E-state index is 0.0536. The molecule has 2 N–H and O–H groups in total. The number of aromatic nitrogens is 2. The van der Waals surface area contributed by atoms with Gasteiger partial charge in [-0.3, -0.25) is 0 Å². The molecule has 2 aromatic carbocycles. The molecule has 0 spiro atoms. The third-order valence-corrected chi connectivity index (χ3v) is 4.13. The van der Waals surface area contributed by atoms with E-state index in [4.69, 9.17) is 16.7 Å². The highest BCUT2D eigenvalue weighted by atomic mass is 35.5. The highest BCUT2D eigenvalue weighted by Crippen LogP contribution is 2.29. The molecule has 0 amide bonds. The van der Waals surface area contributed by atoms with Crippen LogP contribution in [0.25, 0.3) is 10.9 Å². The van der Waals surface area contributed by atoms with Crippen LogP contribution in [0.3, 0.4) is 0 Å². The Labute approximate surface area is 137 Å². The van der Waals surface area contributed by atoms with Crippen molar-refractivity contribution in [2.24, 2.45) is 0 Å². The molecular weight excluding hydrogens is 318 g/mol. The molecule has 0 radical (unpaired) electrons. The molecule has 0 atom stereocenters. The molecule has 112 valence electrons. The van der Waals surface area contributed by atoms with Crippen LogP contribution >= 0.6 is 23.4 Å². The van der Waals surface area contributed by atoms with Gasteiger partial charge < -0.3 is 10.4 Å². The average molecular weight is 332 g/mol. The molecule has 0 fully saturated rings. The van der Waals surface area contributed by atoms with Gasteiger partial charge in [-0.2, -0.15) is 0 Å². The van der Waals surface area contributed by atoms with Crippen LogP contribution in [0.5, 0.6) is 0 Å². The number of rotatable bonds is 5. The summed E-state index contributed by atoms with van der Waals surface area (Å²) in [6, 6.07) is 15.4. The quantitative estimate of drug-likeness (QED) is 0.696. The summed E-state index contributed by atoms with van der Waals surface area (Å²) in [5.74, 6) is 0.733. The molecule has 0 aliphatic carbocycles. The van der Waals surface area contributed by atoms with Crippen molar-refractivity contribution in [1.29, 1.82) is 0 Å². The number of nitrogens with one attached hydrogen (secondary N) is 1. The second kappa shape index (κ2) is 6.96. The van der Waals surface area contributed by atoms with Crippen LogP contribution in [-0.2, 0) is 0 Å². The van der Waals surface area contributed by atoms with Crippen LogP contribution in [0.1, 0.15) is 0 Å². The summed E-state index contributed by atoms with van der Waals surface area (Å²) in [5.41, 5.74) is 0.870. The van der Waals surface area contributed by atoms with E-state index in [1.165, 1.54) is 11.8 Å². The Morgan fingerprint density at radius 3 is 2.59 bits per heavy atom. The second-order valence-electron chi connectivity index (χ2n) is 4.58. The second-order valence-corrected chi connectivity index (χ2v) is 6.06. The van der Waals surface area contributed by atoms with Crippen LogP contribution in [0.2, 0.25) is 5.02 Å². The van der Waals surface area contributed by atoms with Crippen LogP contribution in [0.15, 0.2) is 58.6 Å². The lowest BCUT2D eigenvalue weighted by Crippen LogP contribution is -2.08. The third-order valence-electron chi connectivity index (χ3n) is 3.01. The fraction of sp³-hybridized carbons (Fsp3) is 0.125. The third kappa shape index (κ3) is 3.50. The van der Waals surface area contributed by atoms with E-state index in [-0.39, 0.29) is 6.61 Å². The molecule has 22 heavy (non-hydrogen) atoms. The maximum absolute atomic E-state index is 9.01. The molecule has 0 aliphatic heterocycles. The molecule has 3 rings (SSSR count). The monoisotopic (exact) mass is 331 g/mol. The minimum absolute atomic E-state index is 0.0536. The number of nitrogens with zero attached hydrogens (tertiary/aromatic N) is 2. The molecule has 0 saturated heterocycles. The van der Waals surface area contributed by atoms with Crippen LogP contribution in [-0.4, -0.2) is 28.2 Å². The van der Waals surface area contributed by atoms with E-state index in [2.05, 4.69) is 15.3 Å². The van der Waals surface area contributed by atoms with Crippen molar-refractivity contribution in [3.63, 3.8) is 0 Å². The highest BCUT2D eigenvalue weighted by molar-refractivity contribution is 7.99. The van der Waals surface area contributed by atoms with Crippen LogP contribution in [0, 0.1) is 0 Å². The number of aliphatic hydroxyl groups is 1. The van der Waals surface area contributed by atoms with Crippen molar-refractivity contribution < 1.29 is 5.11 Å². The zero-order valence-electron chi connectivity index (χ0n) is 11.7. The summed E-state index contributed by atoms with van der Waals surface area (Å²) in [4.78, 5) is 10.2. The standard InChI is InChI=1S/C16H14ClN3OS/c17-11-5-7-12(8-6-11)22-16-19-14-4-2-1-3-13(14)15(20-16)18-9-10-21/h1-8,21H,9-10H2,(H,18,19,20). The van der Waals surface area contributed by atoms with Gasteiger partial charge in [0, 0.05) is 21.8 Å².